The van der Waals surface area contributed by atoms with Gasteiger partial charge in [-0.15, -0.1) is 0 Å². The van der Waals surface area contributed by atoms with Crippen LogP contribution in [0.4, 0.5) is 0 Å². The fourth-order valence-corrected chi connectivity index (χ4v) is 4.49. The number of carbonyl (C=O) groups excluding carboxylic acids is 2. The highest BCUT2D eigenvalue weighted by Crippen LogP contribution is 2.36. The first-order valence-corrected chi connectivity index (χ1v) is 8.93. The van der Waals surface area contributed by atoms with Crippen molar-refractivity contribution in [3.8, 4) is 0 Å². The zero-order valence-corrected chi connectivity index (χ0v) is 13.5. The maximum atomic E-state index is 12.5. The molecule has 0 radical (unpaired) electrons. The minimum absolute atomic E-state index is 0.00401. The average molecular weight is 307 g/mol. The summed E-state index contributed by atoms with van der Waals surface area (Å²) in [4.78, 5) is 28.0. The summed E-state index contributed by atoms with van der Waals surface area (Å²) in [6.07, 6.45) is 8.18. The summed E-state index contributed by atoms with van der Waals surface area (Å²) in [5.74, 6) is 1.70. The van der Waals surface area contributed by atoms with Gasteiger partial charge in [-0.2, -0.15) is 0 Å². The van der Waals surface area contributed by atoms with E-state index in [1.54, 1.807) is 0 Å². The molecule has 0 spiro atoms. The van der Waals surface area contributed by atoms with Crippen molar-refractivity contribution in [3.05, 3.63) is 0 Å². The Hall–Kier alpha value is -1.10. The normalized spacial score (nSPS) is 30.8. The number of nitrogens with two attached hydrogens (primary N) is 1. The molecular formula is C17H29N3O2. The van der Waals surface area contributed by atoms with E-state index in [2.05, 4.69) is 9.80 Å². The van der Waals surface area contributed by atoms with Gasteiger partial charge in [0.25, 0.3) is 0 Å². The zero-order valence-electron chi connectivity index (χ0n) is 13.5. The van der Waals surface area contributed by atoms with Crippen LogP contribution in [0.25, 0.3) is 0 Å². The Kier molecular flexibility index (Phi) is 5.01. The monoisotopic (exact) mass is 307 g/mol. The summed E-state index contributed by atoms with van der Waals surface area (Å²) in [6, 6.07) is 0. The number of amides is 2. The van der Waals surface area contributed by atoms with Crippen molar-refractivity contribution in [2.45, 2.75) is 44.9 Å². The molecule has 22 heavy (non-hydrogen) atoms. The summed E-state index contributed by atoms with van der Waals surface area (Å²) in [5.41, 5.74) is 5.36. The van der Waals surface area contributed by atoms with Crippen molar-refractivity contribution in [2.24, 2.45) is 23.5 Å². The van der Waals surface area contributed by atoms with Gasteiger partial charge in [-0.1, -0.05) is 19.3 Å². The molecule has 2 heterocycles. The minimum atomic E-state index is -0.189. The number of fused-ring (bicyclic) bond motifs is 1. The van der Waals surface area contributed by atoms with Gasteiger partial charge in [-0.25, -0.2) is 0 Å². The third-order valence-electron chi connectivity index (χ3n) is 5.99. The van der Waals surface area contributed by atoms with Gasteiger partial charge in [0.05, 0.1) is 6.54 Å². The van der Waals surface area contributed by atoms with Crippen molar-refractivity contribution in [1.82, 2.24) is 9.80 Å². The predicted octanol–water partition coefficient (Wildman–Crippen LogP) is 1.22. The molecule has 3 rings (SSSR count). The molecule has 2 atom stereocenters. The third-order valence-corrected chi connectivity index (χ3v) is 5.99. The van der Waals surface area contributed by atoms with Gasteiger partial charge in [-0.3, -0.25) is 14.5 Å². The van der Waals surface area contributed by atoms with Crippen LogP contribution in [0.15, 0.2) is 0 Å². The van der Waals surface area contributed by atoms with Crippen LogP contribution in [-0.4, -0.2) is 54.3 Å². The number of primary amides is 1. The lowest BCUT2D eigenvalue weighted by Crippen LogP contribution is -2.49. The first-order valence-electron chi connectivity index (χ1n) is 8.93. The van der Waals surface area contributed by atoms with Crippen LogP contribution >= 0.6 is 0 Å². The maximum Gasteiger partial charge on any atom is 0.236 e. The first-order chi connectivity index (χ1) is 10.6. The SMILES string of the molecule is NC(=O)C1CCN(CC(=O)N2CC[C@@H]3CCCC[C@H]3C2)CC1. The molecule has 0 unspecified atom stereocenters. The lowest BCUT2D eigenvalue weighted by atomic mass is 9.75. The van der Waals surface area contributed by atoms with Crippen molar-refractivity contribution in [2.75, 3.05) is 32.7 Å². The molecule has 0 aromatic rings. The largest absolute Gasteiger partial charge is 0.369 e. The van der Waals surface area contributed by atoms with E-state index in [4.69, 9.17) is 5.73 Å². The van der Waals surface area contributed by atoms with Gasteiger partial charge in [0.1, 0.15) is 0 Å². The molecule has 3 fully saturated rings. The number of likely N-dealkylation sites (tertiary alicyclic amines) is 2. The lowest BCUT2D eigenvalue weighted by Gasteiger charge is -2.42. The molecule has 2 N–H and O–H groups in total. The number of carbonyl (C=O) groups is 2. The van der Waals surface area contributed by atoms with Crippen LogP contribution in [0.2, 0.25) is 0 Å². The maximum absolute atomic E-state index is 12.5. The first kappa shape index (κ1) is 15.8. The molecule has 3 aliphatic rings. The highest BCUT2D eigenvalue weighted by Gasteiger charge is 2.33. The fraction of sp³-hybridized carbons (Fsp3) is 0.882. The second-order valence-electron chi connectivity index (χ2n) is 7.39. The number of hydrogen-bond donors (Lipinski definition) is 1. The van der Waals surface area contributed by atoms with Gasteiger partial charge < -0.3 is 10.6 Å². The average Bonchev–Trinajstić information content (AvgIpc) is 2.55. The Labute approximate surface area is 133 Å². The summed E-state index contributed by atoms with van der Waals surface area (Å²) in [5, 5.41) is 0. The predicted molar refractivity (Wildman–Crippen MR) is 85.0 cm³/mol. The van der Waals surface area contributed by atoms with E-state index in [0.29, 0.717) is 6.54 Å². The Morgan fingerprint density at radius 1 is 0.909 bits per heavy atom. The molecule has 1 saturated carbocycles. The topological polar surface area (TPSA) is 66.6 Å². The van der Waals surface area contributed by atoms with E-state index < -0.39 is 0 Å². The van der Waals surface area contributed by atoms with Crippen molar-refractivity contribution >= 4 is 11.8 Å². The number of hydrogen-bond acceptors (Lipinski definition) is 3. The molecule has 1 aliphatic carbocycles. The van der Waals surface area contributed by atoms with E-state index in [1.165, 1.54) is 32.1 Å². The summed E-state index contributed by atoms with van der Waals surface area (Å²) >= 11 is 0. The van der Waals surface area contributed by atoms with Crippen LogP contribution in [0.3, 0.4) is 0 Å². The molecule has 2 amide bonds. The molecule has 124 valence electrons. The fourth-order valence-electron chi connectivity index (χ4n) is 4.49. The Morgan fingerprint density at radius 3 is 2.27 bits per heavy atom. The van der Waals surface area contributed by atoms with Crippen molar-refractivity contribution in [3.63, 3.8) is 0 Å². The van der Waals surface area contributed by atoms with Crippen LogP contribution in [0.5, 0.6) is 0 Å². The third kappa shape index (κ3) is 3.62. The summed E-state index contributed by atoms with van der Waals surface area (Å²) < 4.78 is 0. The summed E-state index contributed by atoms with van der Waals surface area (Å²) in [7, 11) is 0. The van der Waals surface area contributed by atoms with Gasteiger partial charge in [0.2, 0.25) is 11.8 Å². The molecule has 0 aromatic carbocycles. The number of rotatable bonds is 3. The Balaban J connectivity index is 1.45. The molecule has 0 aromatic heterocycles. The van der Waals surface area contributed by atoms with E-state index in [9.17, 15) is 9.59 Å². The quantitative estimate of drug-likeness (QED) is 0.852. The molecule has 5 nitrogen and oxygen atoms in total. The zero-order chi connectivity index (χ0) is 15.5. The Bertz CT molecular complexity index is 418. The summed E-state index contributed by atoms with van der Waals surface area (Å²) in [6.45, 7) is 4.07. The van der Waals surface area contributed by atoms with E-state index in [-0.39, 0.29) is 17.7 Å². The van der Waals surface area contributed by atoms with Gasteiger partial charge in [0.15, 0.2) is 0 Å². The smallest absolute Gasteiger partial charge is 0.236 e. The van der Waals surface area contributed by atoms with Gasteiger partial charge in [-0.05, 0) is 50.6 Å². The molecule has 5 heteroatoms. The second kappa shape index (κ2) is 6.99. The van der Waals surface area contributed by atoms with E-state index in [0.717, 1.165) is 50.9 Å². The number of piperidine rings is 2. The molecular weight excluding hydrogens is 278 g/mol. The molecule has 2 saturated heterocycles. The Morgan fingerprint density at radius 2 is 1.59 bits per heavy atom. The van der Waals surface area contributed by atoms with E-state index in [1.807, 2.05) is 0 Å². The standard InChI is InChI=1S/C17H29N3O2/c18-17(22)14-5-8-19(9-6-14)12-16(21)20-10-7-13-3-1-2-4-15(13)11-20/h13-15H,1-12H2,(H2,18,22)/t13-,15-/m0/s1. The van der Waals surface area contributed by atoms with Crippen molar-refractivity contribution in [1.29, 1.82) is 0 Å². The van der Waals surface area contributed by atoms with Crippen LogP contribution in [-0.2, 0) is 9.59 Å². The number of nitrogens with zero attached hydrogens (tertiary/aromatic N) is 2. The molecule has 2 aliphatic heterocycles. The highest BCUT2D eigenvalue weighted by molar-refractivity contribution is 5.79. The van der Waals surface area contributed by atoms with E-state index >= 15 is 0 Å². The minimum Gasteiger partial charge on any atom is -0.369 e. The molecule has 0 bridgehead atoms. The van der Waals surface area contributed by atoms with Gasteiger partial charge >= 0.3 is 0 Å². The van der Waals surface area contributed by atoms with Crippen molar-refractivity contribution < 1.29 is 9.59 Å². The van der Waals surface area contributed by atoms with Crippen LogP contribution in [0.1, 0.15) is 44.9 Å². The lowest BCUT2D eigenvalue weighted by molar-refractivity contribution is -0.136. The second-order valence-corrected chi connectivity index (χ2v) is 7.39. The van der Waals surface area contributed by atoms with Gasteiger partial charge in [0, 0.05) is 19.0 Å². The highest BCUT2D eigenvalue weighted by atomic mass is 16.2. The van der Waals surface area contributed by atoms with Crippen LogP contribution < -0.4 is 5.73 Å². The van der Waals surface area contributed by atoms with Crippen LogP contribution in [0, 0.1) is 17.8 Å².